The Labute approximate surface area is 127 Å². The van der Waals surface area contributed by atoms with Crippen molar-refractivity contribution >= 4 is 27.8 Å². The van der Waals surface area contributed by atoms with Gasteiger partial charge in [0.15, 0.2) is 5.69 Å². The van der Waals surface area contributed by atoms with Crippen LogP contribution in [0.25, 0.3) is 0 Å². The topological polar surface area (TPSA) is 117 Å². The minimum absolute atomic E-state index is 0.121. The summed E-state index contributed by atoms with van der Waals surface area (Å²) in [5.74, 6) is -1.72. The van der Waals surface area contributed by atoms with Crippen LogP contribution in [0.2, 0.25) is 0 Å². The molecule has 0 aliphatic heterocycles. The summed E-state index contributed by atoms with van der Waals surface area (Å²) in [6.07, 6.45) is 1.27. The van der Waals surface area contributed by atoms with Crippen LogP contribution in [-0.2, 0) is 6.54 Å². The van der Waals surface area contributed by atoms with Crippen molar-refractivity contribution in [3.05, 3.63) is 40.1 Å². The van der Waals surface area contributed by atoms with Crippen LogP contribution < -0.4 is 5.32 Å². The molecule has 0 unspecified atom stereocenters. The van der Waals surface area contributed by atoms with Crippen LogP contribution >= 0.6 is 15.9 Å². The number of phenolic OH excluding ortho intramolecular Hbond substituents is 1. The molecule has 0 spiro atoms. The number of carboxylic acid groups (broad SMARTS) is 1. The molecular weight excluding hydrogens is 344 g/mol. The van der Waals surface area contributed by atoms with Gasteiger partial charge in [0.1, 0.15) is 5.75 Å². The molecule has 1 aromatic heterocycles. The number of halogens is 1. The summed E-state index contributed by atoms with van der Waals surface area (Å²) < 4.78 is 1.98. The van der Waals surface area contributed by atoms with Crippen molar-refractivity contribution in [2.24, 2.45) is 0 Å². The molecule has 0 saturated carbocycles. The molecular formula is C12H11BrN4O4. The first kappa shape index (κ1) is 15.0. The van der Waals surface area contributed by atoms with E-state index in [0.717, 1.165) is 0 Å². The van der Waals surface area contributed by atoms with Crippen LogP contribution in [0.15, 0.2) is 28.9 Å². The molecule has 0 aliphatic rings. The molecule has 21 heavy (non-hydrogen) atoms. The van der Waals surface area contributed by atoms with Crippen molar-refractivity contribution in [2.45, 2.75) is 6.54 Å². The number of amides is 1. The van der Waals surface area contributed by atoms with Gasteiger partial charge < -0.3 is 15.5 Å². The van der Waals surface area contributed by atoms with Crippen molar-refractivity contribution in [2.75, 3.05) is 6.54 Å². The fraction of sp³-hybridized carbons (Fsp3) is 0.167. The number of nitrogens with zero attached hydrogens (tertiary/aromatic N) is 3. The normalized spacial score (nSPS) is 10.3. The lowest BCUT2D eigenvalue weighted by Gasteiger charge is -2.07. The Morgan fingerprint density at radius 3 is 2.81 bits per heavy atom. The summed E-state index contributed by atoms with van der Waals surface area (Å²) in [4.78, 5) is 22.5. The van der Waals surface area contributed by atoms with E-state index in [4.69, 9.17) is 5.11 Å². The van der Waals surface area contributed by atoms with Gasteiger partial charge in [-0.05, 0) is 18.2 Å². The molecule has 9 heteroatoms. The molecule has 0 radical (unpaired) electrons. The van der Waals surface area contributed by atoms with E-state index in [-0.39, 0.29) is 30.1 Å². The molecule has 0 atom stereocenters. The number of aromatic nitrogens is 3. The second-order valence-corrected chi connectivity index (χ2v) is 5.01. The summed E-state index contributed by atoms with van der Waals surface area (Å²) in [6, 6.07) is 4.53. The number of phenols is 1. The van der Waals surface area contributed by atoms with E-state index in [1.807, 2.05) is 0 Å². The number of aromatic hydroxyl groups is 1. The summed E-state index contributed by atoms with van der Waals surface area (Å²) in [7, 11) is 0. The van der Waals surface area contributed by atoms with Gasteiger partial charge in [-0.1, -0.05) is 21.1 Å². The van der Waals surface area contributed by atoms with E-state index in [0.29, 0.717) is 4.47 Å². The first-order valence-electron chi connectivity index (χ1n) is 5.87. The number of hydrogen-bond acceptors (Lipinski definition) is 5. The van der Waals surface area contributed by atoms with Crippen LogP contribution in [-0.4, -0.2) is 43.6 Å². The zero-order valence-corrected chi connectivity index (χ0v) is 12.2. The predicted octanol–water partition coefficient (Wildman–Crippen LogP) is 0.874. The highest BCUT2D eigenvalue weighted by Crippen LogP contribution is 2.21. The molecule has 110 valence electrons. The monoisotopic (exact) mass is 354 g/mol. The van der Waals surface area contributed by atoms with Crippen molar-refractivity contribution in [3.8, 4) is 5.75 Å². The van der Waals surface area contributed by atoms with Crippen LogP contribution in [0.4, 0.5) is 0 Å². The minimum Gasteiger partial charge on any atom is -0.507 e. The van der Waals surface area contributed by atoms with Crippen LogP contribution in [0.3, 0.4) is 0 Å². The fourth-order valence-corrected chi connectivity index (χ4v) is 1.94. The zero-order chi connectivity index (χ0) is 15.4. The summed E-state index contributed by atoms with van der Waals surface area (Å²) >= 11 is 3.22. The first-order valence-corrected chi connectivity index (χ1v) is 6.67. The quantitative estimate of drug-likeness (QED) is 0.733. The van der Waals surface area contributed by atoms with E-state index >= 15 is 0 Å². The van der Waals surface area contributed by atoms with Gasteiger partial charge >= 0.3 is 5.97 Å². The third-order valence-corrected chi connectivity index (χ3v) is 3.08. The summed E-state index contributed by atoms with van der Waals surface area (Å²) in [5, 5.41) is 28.0. The van der Waals surface area contributed by atoms with Gasteiger partial charge in [0.25, 0.3) is 5.91 Å². The molecule has 0 aliphatic carbocycles. The van der Waals surface area contributed by atoms with E-state index < -0.39 is 11.9 Å². The Balaban J connectivity index is 1.92. The van der Waals surface area contributed by atoms with Crippen molar-refractivity contribution in [1.29, 1.82) is 0 Å². The molecule has 2 aromatic rings. The highest BCUT2D eigenvalue weighted by atomic mass is 79.9. The molecule has 3 N–H and O–H groups in total. The van der Waals surface area contributed by atoms with Gasteiger partial charge in [-0.3, -0.25) is 4.79 Å². The van der Waals surface area contributed by atoms with Gasteiger partial charge in [-0.2, -0.15) is 0 Å². The molecule has 0 bridgehead atoms. The second-order valence-electron chi connectivity index (χ2n) is 4.09. The lowest BCUT2D eigenvalue weighted by Crippen LogP contribution is -2.27. The van der Waals surface area contributed by atoms with Crippen LogP contribution in [0.1, 0.15) is 20.8 Å². The van der Waals surface area contributed by atoms with Gasteiger partial charge in [-0.15, -0.1) is 5.10 Å². The molecule has 8 nitrogen and oxygen atoms in total. The predicted molar refractivity (Wildman–Crippen MR) is 75.1 cm³/mol. The molecule has 0 fully saturated rings. The molecule has 1 heterocycles. The number of hydrogen-bond donors (Lipinski definition) is 3. The minimum atomic E-state index is -1.16. The third kappa shape index (κ3) is 3.78. The maximum atomic E-state index is 11.9. The van der Waals surface area contributed by atoms with Crippen LogP contribution in [0.5, 0.6) is 5.75 Å². The number of nitrogens with one attached hydrogen (secondary N) is 1. The molecule has 1 aromatic carbocycles. The lowest BCUT2D eigenvalue weighted by atomic mass is 10.2. The average molecular weight is 355 g/mol. The molecule has 1 amide bonds. The number of rotatable bonds is 5. The number of aromatic carboxylic acids is 1. The summed E-state index contributed by atoms with van der Waals surface area (Å²) in [5.41, 5.74) is -0.0137. The Bertz CT molecular complexity index is 686. The highest BCUT2D eigenvalue weighted by Gasteiger charge is 2.12. The smallest absolute Gasteiger partial charge is 0.358 e. The van der Waals surface area contributed by atoms with Gasteiger partial charge in [0.05, 0.1) is 18.3 Å². The van der Waals surface area contributed by atoms with Crippen molar-refractivity contribution in [1.82, 2.24) is 20.3 Å². The maximum absolute atomic E-state index is 11.9. The third-order valence-electron chi connectivity index (χ3n) is 2.59. The van der Waals surface area contributed by atoms with Crippen molar-refractivity contribution in [3.63, 3.8) is 0 Å². The number of carboxylic acids is 1. The van der Waals surface area contributed by atoms with E-state index in [9.17, 15) is 14.7 Å². The fourth-order valence-electron chi connectivity index (χ4n) is 1.58. The second kappa shape index (κ2) is 6.35. The Kier molecular flexibility index (Phi) is 4.53. The zero-order valence-electron chi connectivity index (χ0n) is 10.7. The Hall–Kier alpha value is -2.42. The molecule has 2 rings (SSSR count). The van der Waals surface area contributed by atoms with Gasteiger partial charge in [-0.25, -0.2) is 9.48 Å². The number of carbonyl (C=O) groups excluding carboxylic acids is 1. The van der Waals surface area contributed by atoms with E-state index in [1.165, 1.54) is 23.0 Å². The van der Waals surface area contributed by atoms with Gasteiger partial charge in [0.2, 0.25) is 0 Å². The Morgan fingerprint density at radius 1 is 1.38 bits per heavy atom. The van der Waals surface area contributed by atoms with E-state index in [2.05, 4.69) is 31.6 Å². The van der Waals surface area contributed by atoms with Gasteiger partial charge in [0, 0.05) is 11.0 Å². The largest absolute Gasteiger partial charge is 0.507 e. The SMILES string of the molecule is O=C(O)c1cn(CCNC(=O)c2cc(Br)ccc2O)nn1. The average Bonchev–Trinajstić information content (AvgIpc) is 2.90. The number of benzene rings is 1. The maximum Gasteiger partial charge on any atom is 0.358 e. The molecule has 0 saturated heterocycles. The summed E-state index contributed by atoms with van der Waals surface area (Å²) in [6.45, 7) is 0.480. The first-order chi connectivity index (χ1) is 9.97. The van der Waals surface area contributed by atoms with Crippen LogP contribution in [0, 0.1) is 0 Å². The van der Waals surface area contributed by atoms with Crippen molar-refractivity contribution < 1.29 is 19.8 Å². The standard InChI is InChI=1S/C12H11BrN4O4/c13-7-1-2-10(18)8(5-7)11(19)14-3-4-17-6-9(12(20)21)15-16-17/h1-2,5-6,18H,3-4H2,(H,14,19)(H,20,21). The lowest BCUT2D eigenvalue weighted by molar-refractivity contribution is 0.0690. The highest BCUT2D eigenvalue weighted by molar-refractivity contribution is 9.10. The number of carbonyl (C=O) groups is 2. The Morgan fingerprint density at radius 2 is 2.14 bits per heavy atom. The van der Waals surface area contributed by atoms with E-state index in [1.54, 1.807) is 6.07 Å².